The first-order chi connectivity index (χ1) is 10.2. The zero-order chi connectivity index (χ0) is 15.8. The number of hydrogen-bond acceptors (Lipinski definition) is 4. The second-order valence-electron chi connectivity index (χ2n) is 3.91. The van der Waals surface area contributed by atoms with Crippen molar-refractivity contribution in [1.82, 2.24) is 10.2 Å². The largest absolute Gasteiger partial charge is 0.462 e. The minimum Gasteiger partial charge on any atom is -0.462 e. The van der Waals surface area contributed by atoms with E-state index in [4.69, 9.17) is 4.74 Å². The van der Waals surface area contributed by atoms with Crippen LogP contribution in [-0.2, 0) is 9.53 Å². The summed E-state index contributed by atoms with van der Waals surface area (Å²) in [6.07, 6.45) is 1.70. The third kappa shape index (κ3) is 3.56. The number of hydrogen-bond donors (Lipinski definition) is 1. The van der Waals surface area contributed by atoms with Crippen LogP contribution in [0.2, 0.25) is 0 Å². The minimum absolute atomic E-state index is 0.248. The molecule has 21 heavy (non-hydrogen) atoms. The maximum absolute atomic E-state index is 11.8. The molecule has 0 amide bonds. The van der Waals surface area contributed by atoms with Crippen LogP contribution in [0, 0.1) is 0 Å². The zero-order valence-electron chi connectivity index (χ0n) is 12.9. The molecular weight excluding hydrogens is 266 g/mol. The molecule has 1 aromatic carbocycles. The Morgan fingerprint density at radius 3 is 2.76 bits per heavy atom. The number of ether oxygens (including phenoxy) is 1. The van der Waals surface area contributed by atoms with Crippen molar-refractivity contribution in [2.45, 2.75) is 20.8 Å². The molecule has 1 aromatic heterocycles. The molecule has 0 atom stereocenters. The third-order valence-corrected chi connectivity index (χ3v) is 2.77. The molecule has 2 aromatic rings. The number of esters is 1. The molecule has 0 aliphatic carbocycles. The van der Waals surface area contributed by atoms with Crippen LogP contribution >= 0.6 is 0 Å². The average molecular weight is 287 g/mol. The van der Waals surface area contributed by atoms with Gasteiger partial charge in [-0.05, 0) is 13.0 Å². The highest BCUT2D eigenvalue weighted by atomic mass is 16.5. The zero-order valence-corrected chi connectivity index (χ0v) is 12.9. The molecule has 0 aliphatic heterocycles. The molecule has 5 nitrogen and oxygen atoms in total. The summed E-state index contributed by atoms with van der Waals surface area (Å²) >= 11 is 0. The predicted molar refractivity (Wildman–Crippen MR) is 85.7 cm³/mol. The lowest BCUT2D eigenvalue weighted by atomic mass is 10.0. The van der Waals surface area contributed by atoms with Crippen LogP contribution in [0.4, 0.5) is 0 Å². The highest BCUT2D eigenvalue weighted by molar-refractivity contribution is 6.29. The van der Waals surface area contributed by atoms with Gasteiger partial charge in [0.2, 0.25) is 0 Å². The number of fused-ring (bicyclic) bond motifs is 1. The highest BCUT2D eigenvalue weighted by Crippen LogP contribution is 2.20. The van der Waals surface area contributed by atoms with E-state index in [-0.39, 0.29) is 5.57 Å². The van der Waals surface area contributed by atoms with E-state index in [1.165, 1.54) is 0 Å². The molecule has 0 radical (unpaired) electrons. The fourth-order valence-electron chi connectivity index (χ4n) is 1.91. The quantitative estimate of drug-likeness (QED) is 0.533. The Morgan fingerprint density at radius 2 is 2.14 bits per heavy atom. The summed E-state index contributed by atoms with van der Waals surface area (Å²) in [6.45, 7) is 9.84. The number of aromatic nitrogens is 2. The van der Waals surface area contributed by atoms with Crippen LogP contribution in [0.5, 0.6) is 0 Å². The summed E-state index contributed by atoms with van der Waals surface area (Å²) in [4.78, 5) is 15.9. The van der Waals surface area contributed by atoms with Gasteiger partial charge in [0.15, 0.2) is 0 Å². The van der Waals surface area contributed by atoms with Gasteiger partial charge >= 0.3 is 5.97 Å². The maximum atomic E-state index is 11.8. The van der Waals surface area contributed by atoms with Gasteiger partial charge in [-0.2, -0.15) is 5.10 Å². The molecule has 2 rings (SSSR count). The summed E-state index contributed by atoms with van der Waals surface area (Å²) in [5.41, 5.74) is 2.46. The monoisotopic (exact) mass is 287 g/mol. The molecule has 0 saturated carbocycles. The van der Waals surface area contributed by atoms with E-state index < -0.39 is 5.97 Å². The van der Waals surface area contributed by atoms with Gasteiger partial charge in [0, 0.05) is 18.0 Å². The normalized spacial score (nSPS) is 10.8. The van der Waals surface area contributed by atoms with Gasteiger partial charge in [-0.25, -0.2) is 4.79 Å². The second-order valence-corrected chi connectivity index (χ2v) is 3.91. The van der Waals surface area contributed by atoms with Gasteiger partial charge < -0.3 is 4.74 Å². The number of benzene rings is 1. The van der Waals surface area contributed by atoms with E-state index in [0.29, 0.717) is 12.3 Å². The Morgan fingerprint density at radius 1 is 1.43 bits per heavy atom. The first-order valence-electron chi connectivity index (χ1n) is 6.94. The summed E-state index contributed by atoms with van der Waals surface area (Å²) in [6, 6.07) is 5.66. The standard InChI is InChI=1S/C14H15N3O2.C2H6/c1-4-19-14(18)9(2)13(15-3)10-6-5-7-12-11(10)8-16-17-12;1-2/h5-8H,2,4H2,1,3H3,(H,16,17);1-2H3. The number of aliphatic imine (C=N–C) groups is 1. The van der Waals surface area contributed by atoms with E-state index in [2.05, 4.69) is 21.8 Å². The van der Waals surface area contributed by atoms with Gasteiger partial charge in [-0.1, -0.05) is 32.6 Å². The second kappa shape index (κ2) is 7.99. The van der Waals surface area contributed by atoms with Crippen LogP contribution in [0.25, 0.3) is 10.9 Å². The molecule has 1 N–H and O–H groups in total. The maximum Gasteiger partial charge on any atom is 0.339 e. The van der Waals surface area contributed by atoms with Gasteiger partial charge in [-0.15, -0.1) is 0 Å². The predicted octanol–water partition coefficient (Wildman–Crippen LogP) is 3.13. The number of H-pyrrole nitrogens is 1. The fourth-order valence-corrected chi connectivity index (χ4v) is 1.91. The van der Waals surface area contributed by atoms with Crippen LogP contribution in [0.3, 0.4) is 0 Å². The van der Waals surface area contributed by atoms with Gasteiger partial charge in [0.1, 0.15) is 0 Å². The first kappa shape index (κ1) is 16.6. The number of nitrogens with zero attached hydrogens (tertiary/aromatic N) is 2. The van der Waals surface area contributed by atoms with Crippen molar-refractivity contribution in [1.29, 1.82) is 0 Å². The van der Waals surface area contributed by atoms with Crippen molar-refractivity contribution in [3.8, 4) is 0 Å². The molecule has 112 valence electrons. The van der Waals surface area contributed by atoms with Crippen LogP contribution < -0.4 is 0 Å². The first-order valence-corrected chi connectivity index (χ1v) is 6.94. The van der Waals surface area contributed by atoms with Crippen molar-refractivity contribution in [2.24, 2.45) is 4.99 Å². The van der Waals surface area contributed by atoms with Gasteiger partial charge in [-0.3, -0.25) is 10.1 Å². The van der Waals surface area contributed by atoms with E-state index in [0.717, 1.165) is 16.5 Å². The van der Waals surface area contributed by atoms with E-state index >= 15 is 0 Å². The van der Waals surface area contributed by atoms with Gasteiger partial charge in [0.25, 0.3) is 0 Å². The Kier molecular flexibility index (Phi) is 6.33. The number of carbonyl (C=O) groups is 1. The Bertz CT molecular complexity index is 656. The smallest absolute Gasteiger partial charge is 0.339 e. The van der Waals surface area contributed by atoms with Crippen molar-refractivity contribution >= 4 is 22.6 Å². The number of carbonyl (C=O) groups excluding carboxylic acids is 1. The number of nitrogens with one attached hydrogen (secondary N) is 1. The molecule has 0 bridgehead atoms. The molecule has 0 aliphatic rings. The van der Waals surface area contributed by atoms with Crippen molar-refractivity contribution in [3.63, 3.8) is 0 Å². The summed E-state index contributed by atoms with van der Waals surface area (Å²) in [7, 11) is 1.62. The van der Waals surface area contributed by atoms with E-state index in [9.17, 15) is 4.79 Å². The van der Waals surface area contributed by atoms with Gasteiger partial charge in [0.05, 0.1) is 29.6 Å². The van der Waals surface area contributed by atoms with Crippen molar-refractivity contribution < 1.29 is 9.53 Å². The van der Waals surface area contributed by atoms with Crippen molar-refractivity contribution in [2.75, 3.05) is 13.7 Å². The Labute approximate surface area is 124 Å². The molecule has 0 saturated heterocycles. The number of aromatic amines is 1. The molecule has 0 unspecified atom stereocenters. The minimum atomic E-state index is -0.455. The highest BCUT2D eigenvalue weighted by Gasteiger charge is 2.18. The SMILES string of the molecule is C=C(C(=O)OCC)C(=NC)c1cccc2[nH]ncc12.CC. The molecule has 1 heterocycles. The molecule has 5 heteroatoms. The summed E-state index contributed by atoms with van der Waals surface area (Å²) < 4.78 is 4.96. The van der Waals surface area contributed by atoms with Crippen LogP contribution in [-0.4, -0.2) is 35.5 Å². The fraction of sp³-hybridized carbons (Fsp3) is 0.312. The van der Waals surface area contributed by atoms with Crippen LogP contribution in [0.15, 0.2) is 41.5 Å². The Balaban J connectivity index is 0.00000106. The van der Waals surface area contributed by atoms with Crippen molar-refractivity contribution in [3.05, 3.63) is 42.1 Å². The topological polar surface area (TPSA) is 67.3 Å². The summed E-state index contributed by atoms with van der Waals surface area (Å²) in [5, 5.41) is 7.77. The molecule has 0 spiro atoms. The molecular formula is C16H21N3O2. The average Bonchev–Trinajstić information content (AvgIpc) is 2.99. The van der Waals surface area contributed by atoms with E-state index in [1.54, 1.807) is 20.2 Å². The third-order valence-electron chi connectivity index (χ3n) is 2.77. The lowest BCUT2D eigenvalue weighted by molar-refractivity contribution is -0.137. The number of rotatable bonds is 4. The summed E-state index contributed by atoms with van der Waals surface area (Å²) in [5.74, 6) is -0.455. The van der Waals surface area contributed by atoms with Crippen LogP contribution in [0.1, 0.15) is 26.3 Å². The Hall–Kier alpha value is -2.43. The lowest BCUT2D eigenvalue weighted by Gasteiger charge is -2.09. The van der Waals surface area contributed by atoms with E-state index in [1.807, 2.05) is 32.0 Å². The lowest BCUT2D eigenvalue weighted by Crippen LogP contribution is -2.16. The molecule has 0 fully saturated rings.